The van der Waals surface area contributed by atoms with E-state index in [0.717, 1.165) is 11.1 Å². The summed E-state index contributed by atoms with van der Waals surface area (Å²) in [5.41, 5.74) is 3.10. The van der Waals surface area contributed by atoms with Crippen LogP contribution in [0.4, 0.5) is 0 Å². The molecule has 0 aliphatic carbocycles. The number of rotatable bonds is 6. The molecule has 0 atom stereocenters. The summed E-state index contributed by atoms with van der Waals surface area (Å²) in [5.74, 6) is 0.380. The monoisotopic (exact) mass is 448 g/mol. The number of phenolic OH excluding ortho intramolecular Hbond substituents is 2. The molecular weight excluding hydrogens is 424 g/mol. The highest BCUT2D eigenvalue weighted by Crippen LogP contribution is 2.12. The van der Waals surface area contributed by atoms with E-state index in [1.165, 1.54) is 12.2 Å². The summed E-state index contributed by atoms with van der Waals surface area (Å²) in [7, 11) is 0. The number of aromatic hydroxyl groups is 2. The second-order valence-corrected chi connectivity index (χ2v) is 7.31. The largest absolute Gasteiger partial charge is 0.508 e. The van der Waals surface area contributed by atoms with E-state index in [-0.39, 0.29) is 23.1 Å². The van der Waals surface area contributed by atoms with Gasteiger partial charge in [0.25, 0.3) is 0 Å². The van der Waals surface area contributed by atoms with Gasteiger partial charge in [-0.25, -0.2) is 0 Å². The number of allylic oxidation sites excluding steroid dienone is 2. The zero-order chi connectivity index (χ0) is 24.2. The van der Waals surface area contributed by atoms with Crippen molar-refractivity contribution in [3.8, 4) is 11.5 Å². The topological polar surface area (TPSA) is 74.6 Å². The van der Waals surface area contributed by atoms with Crippen LogP contribution in [0.15, 0.2) is 121 Å². The fourth-order valence-electron chi connectivity index (χ4n) is 2.91. The van der Waals surface area contributed by atoms with Crippen molar-refractivity contribution in [3.63, 3.8) is 0 Å². The summed E-state index contributed by atoms with van der Waals surface area (Å²) in [6, 6.07) is 31.6. The van der Waals surface area contributed by atoms with E-state index < -0.39 is 0 Å². The molecule has 2 N–H and O–H groups in total. The first kappa shape index (κ1) is 24.0. The lowest BCUT2D eigenvalue weighted by Crippen LogP contribution is -1.92. The summed E-state index contributed by atoms with van der Waals surface area (Å²) < 4.78 is 0. The van der Waals surface area contributed by atoms with Crippen LogP contribution in [0.1, 0.15) is 31.8 Å². The minimum atomic E-state index is -0.0290. The molecule has 168 valence electrons. The normalized spacial score (nSPS) is 10.6. The van der Waals surface area contributed by atoms with Gasteiger partial charge >= 0.3 is 0 Å². The van der Waals surface area contributed by atoms with Crippen LogP contribution < -0.4 is 0 Å². The molecule has 4 rings (SSSR count). The van der Waals surface area contributed by atoms with Gasteiger partial charge in [0.1, 0.15) is 11.5 Å². The van der Waals surface area contributed by atoms with Gasteiger partial charge in [-0.2, -0.15) is 0 Å². The maximum atomic E-state index is 11.7. The third-order valence-electron chi connectivity index (χ3n) is 4.76. The lowest BCUT2D eigenvalue weighted by molar-refractivity contribution is 0.103. The Balaban J connectivity index is 0.000000191. The molecule has 4 heteroatoms. The Hall–Kier alpha value is -4.70. The van der Waals surface area contributed by atoms with E-state index in [1.54, 1.807) is 84.9 Å². The Labute approximate surface area is 198 Å². The van der Waals surface area contributed by atoms with E-state index in [2.05, 4.69) is 0 Å². The molecule has 0 fully saturated rings. The summed E-state index contributed by atoms with van der Waals surface area (Å²) in [6.45, 7) is 0. The zero-order valence-corrected chi connectivity index (χ0v) is 18.4. The minimum absolute atomic E-state index is 0.0290. The Kier molecular flexibility index (Phi) is 8.71. The van der Waals surface area contributed by atoms with Crippen molar-refractivity contribution in [2.75, 3.05) is 0 Å². The molecule has 0 heterocycles. The Morgan fingerprint density at radius 1 is 0.471 bits per heavy atom. The van der Waals surface area contributed by atoms with Gasteiger partial charge < -0.3 is 10.2 Å². The van der Waals surface area contributed by atoms with Crippen molar-refractivity contribution in [1.29, 1.82) is 0 Å². The predicted octanol–water partition coefficient (Wildman–Crippen LogP) is 6.58. The van der Waals surface area contributed by atoms with Crippen LogP contribution >= 0.6 is 0 Å². The number of carbonyl (C=O) groups is 2. The Bertz CT molecular complexity index is 1150. The van der Waals surface area contributed by atoms with Crippen LogP contribution in [0.3, 0.4) is 0 Å². The highest BCUT2D eigenvalue weighted by Gasteiger charge is 2.00. The molecule has 0 aromatic heterocycles. The van der Waals surface area contributed by atoms with Crippen molar-refractivity contribution in [2.24, 2.45) is 0 Å². The van der Waals surface area contributed by atoms with Gasteiger partial charge in [0, 0.05) is 11.1 Å². The average Bonchev–Trinajstić information content (AvgIpc) is 2.89. The number of hydrogen-bond donors (Lipinski definition) is 2. The fourth-order valence-corrected chi connectivity index (χ4v) is 2.91. The maximum Gasteiger partial charge on any atom is 0.185 e. The summed E-state index contributed by atoms with van der Waals surface area (Å²) in [6.07, 6.45) is 6.52. The maximum absolute atomic E-state index is 11.7. The Morgan fingerprint density at radius 3 is 1.12 bits per heavy atom. The fraction of sp³-hybridized carbons (Fsp3) is 0. The van der Waals surface area contributed by atoms with Gasteiger partial charge in [0.15, 0.2) is 11.6 Å². The first-order valence-electron chi connectivity index (χ1n) is 10.6. The van der Waals surface area contributed by atoms with Gasteiger partial charge in [-0.05, 0) is 47.5 Å². The molecule has 0 saturated heterocycles. The van der Waals surface area contributed by atoms with Crippen LogP contribution in [0.25, 0.3) is 12.2 Å². The smallest absolute Gasteiger partial charge is 0.185 e. The van der Waals surface area contributed by atoms with Crippen molar-refractivity contribution < 1.29 is 19.8 Å². The van der Waals surface area contributed by atoms with Crippen LogP contribution in [0.2, 0.25) is 0 Å². The lowest BCUT2D eigenvalue weighted by atomic mass is 10.1. The molecule has 34 heavy (non-hydrogen) atoms. The molecular formula is C30H24O4. The quantitative estimate of drug-likeness (QED) is 0.258. The summed E-state index contributed by atoms with van der Waals surface area (Å²) >= 11 is 0. The molecule has 4 aromatic carbocycles. The van der Waals surface area contributed by atoms with E-state index in [9.17, 15) is 9.59 Å². The molecule has 4 nitrogen and oxygen atoms in total. The van der Waals surface area contributed by atoms with Crippen LogP contribution in [0.5, 0.6) is 11.5 Å². The molecule has 0 radical (unpaired) electrons. The van der Waals surface area contributed by atoms with Crippen molar-refractivity contribution in [1.82, 2.24) is 0 Å². The number of carbonyl (C=O) groups excluding carboxylic acids is 2. The number of benzene rings is 4. The summed E-state index contributed by atoms with van der Waals surface area (Å²) in [5, 5.41) is 18.2. The number of ketones is 2. The Morgan fingerprint density at radius 2 is 0.794 bits per heavy atom. The van der Waals surface area contributed by atoms with Crippen molar-refractivity contribution in [2.45, 2.75) is 0 Å². The zero-order valence-electron chi connectivity index (χ0n) is 18.4. The van der Waals surface area contributed by atoms with E-state index >= 15 is 0 Å². The molecule has 0 aliphatic rings. The number of hydrogen-bond acceptors (Lipinski definition) is 4. The average molecular weight is 449 g/mol. The van der Waals surface area contributed by atoms with Crippen molar-refractivity contribution >= 4 is 23.7 Å². The standard InChI is InChI=1S/2C15H12O2/c2*16-14-9-6-12(7-10-14)8-11-15(17)13-4-2-1-3-5-13/h2*1-11,16H. The van der Waals surface area contributed by atoms with Crippen LogP contribution in [-0.4, -0.2) is 21.8 Å². The van der Waals surface area contributed by atoms with Gasteiger partial charge in [-0.1, -0.05) is 97.1 Å². The van der Waals surface area contributed by atoms with Crippen LogP contribution in [0, 0.1) is 0 Å². The van der Waals surface area contributed by atoms with Gasteiger partial charge in [0.2, 0.25) is 0 Å². The molecule has 4 aromatic rings. The lowest BCUT2D eigenvalue weighted by Gasteiger charge is -1.95. The first-order chi connectivity index (χ1) is 16.5. The SMILES string of the molecule is O=C(C=Cc1ccc(O)cc1)c1ccccc1.O=C(C=Cc1ccc(O)cc1)c1ccccc1. The molecule has 0 spiro atoms. The second kappa shape index (κ2) is 12.4. The first-order valence-corrected chi connectivity index (χ1v) is 10.6. The van der Waals surface area contributed by atoms with Crippen molar-refractivity contribution in [3.05, 3.63) is 144 Å². The van der Waals surface area contributed by atoms with Gasteiger partial charge in [-0.15, -0.1) is 0 Å². The van der Waals surface area contributed by atoms with Gasteiger partial charge in [-0.3, -0.25) is 9.59 Å². The van der Waals surface area contributed by atoms with Crippen LogP contribution in [-0.2, 0) is 0 Å². The highest BCUT2D eigenvalue weighted by molar-refractivity contribution is 6.07. The van der Waals surface area contributed by atoms with E-state index in [1.807, 2.05) is 36.4 Å². The molecule has 0 saturated carbocycles. The molecule has 0 aliphatic heterocycles. The molecule has 0 amide bonds. The van der Waals surface area contributed by atoms with E-state index in [0.29, 0.717) is 11.1 Å². The van der Waals surface area contributed by atoms with Gasteiger partial charge in [0.05, 0.1) is 0 Å². The molecule has 0 bridgehead atoms. The number of phenols is 2. The minimum Gasteiger partial charge on any atom is -0.508 e. The third-order valence-corrected chi connectivity index (χ3v) is 4.76. The highest BCUT2D eigenvalue weighted by atomic mass is 16.3. The van der Waals surface area contributed by atoms with E-state index in [4.69, 9.17) is 10.2 Å². The molecule has 0 unspecified atom stereocenters. The summed E-state index contributed by atoms with van der Waals surface area (Å²) in [4.78, 5) is 23.5. The third kappa shape index (κ3) is 7.77. The predicted molar refractivity (Wildman–Crippen MR) is 136 cm³/mol. The second-order valence-electron chi connectivity index (χ2n) is 7.31.